The minimum atomic E-state index is 0.318. The van der Waals surface area contributed by atoms with E-state index in [2.05, 4.69) is 22.0 Å². The first kappa shape index (κ1) is 16.6. The van der Waals surface area contributed by atoms with Crippen molar-refractivity contribution < 1.29 is 4.79 Å². The standard InChI is InChI=1S/C21H26ClN3O/c22-14-7-8-16-18(12-14)25(11-10-24-9-2-1-6-20(24)26)19-13-15-4-3-5-17(23-15)21(16)19/h7-8,12,15,17,23H,1-6,9-11,13H2. The van der Waals surface area contributed by atoms with Crippen LogP contribution in [0, 0.1) is 0 Å². The minimum absolute atomic E-state index is 0.318. The molecule has 5 heteroatoms. The van der Waals surface area contributed by atoms with Crippen molar-refractivity contribution in [2.75, 3.05) is 13.1 Å². The Morgan fingerprint density at radius 3 is 2.96 bits per heavy atom. The zero-order valence-corrected chi connectivity index (χ0v) is 15.9. The van der Waals surface area contributed by atoms with Crippen molar-refractivity contribution in [1.29, 1.82) is 0 Å². The molecule has 1 amide bonds. The Hall–Kier alpha value is -1.52. The van der Waals surface area contributed by atoms with E-state index < -0.39 is 0 Å². The predicted octanol–water partition coefficient (Wildman–Crippen LogP) is 4.05. The lowest BCUT2D eigenvalue weighted by molar-refractivity contribution is -0.133. The number of hydrogen-bond acceptors (Lipinski definition) is 2. The van der Waals surface area contributed by atoms with E-state index in [1.807, 2.05) is 11.0 Å². The first-order chi connectivity index (χ1) is 12.7. The number of nitrogens with zero attached hydrogens (tertiary/aromatic N) is 2. The molecule has 2 atom stereocenters. The van der Waals surface area contributed by atoms with Gasteiger partial charge in [-0.15, -0.1) is 0 Å². The van der Waals surface area contributed by atoms with Gasteiger partial charge in [-0.25, -0.2) is 0 Å². The van der Waals surface area contributed by atoms with Gasteiger partial charge in [0.05, 0.1) is 5.52 Å². The number of aromatic nitrogens is 1. The van der Waals surface area contributed by atoms with E-state index in [4.69, 9.17) is 11.6 Å². The van der Waals surface area contributed by atoms with Crippen LogP contribution in [0.25, 0.3) is 10.9 Å². The maximum absolute atomic E-state index is 12.2. The number of nitrogens with one attached hydrogen (secondary N) is 1. The normalized spacial score (nSPS) is 25.6. The predicted molar refractivity (Wildman–Crippen MR) is 105 cm³/mol. The van der Waals surface area contributed by atoms with Gasteiger partial charge in [0.25, 0.3) is 0 Å². The lowest BCUT2D eigenvalue weighted by Crippen LogP contribution is -2.43. The Morgan fingerprint density at radius 1 is 1.15 bits per heavy atom. The molecule has 0 aliphatic carbocycles. The summed E-state index contributed by atoms with van der Waals surface area (Å²) < 4.78 is 2.46. The highest BCUT2D eigenvalue weighted by atomic mass is 35.5. The maximum Gasteiger partial charge on any atom is 0.222 e. The van der Waals surface area contributed by atoms with Crippen LogP contribution in [0.2, 0.25) is 5.02 Å². The van der Waals surface area contributed by atoms with Gasteiger partial charge < -0.3 is 14.8 Å². The lowest BCUT2D eigenvalue weighted by Gasteiger charge is -2.37. The topological polar surface area (TPSA) is 37.3 Å². The molecule has 3 aliphatic heterocycles. The average molecular weight is 372 g/mol. The summed E-state index contributed by atoms with van der Waals surface area (Å²) in [7, 11) is 0. The van der Waals surface area contributed by atoms with Crippen molar-refractivity contribution in [3.8, 4) is 0 Å². The van der Waals surface area contributed by atoms with E-state index in [1.54, 1.807) is 0 Å². The molecule has 2 bridgehead atoms. The summed E-state index contributed by atoms with van der Waals surface area (Å²) in [6.45, 7) is 2.59. The van der Waals surface area contributed by atoms with Gasteiger partial charge in [-0.2, -0.15) is 0 Å². The summed E-state index contributed by atoms with van der Waals surface area (Å²) in [6.07, 6.45) is 7.78. The fourth-order valence-electron chi connectivity index (χ4n) is 5.23. The summed E-state index contributed by atoms with van der Waals surface area (Å²) in [5.74, 6) is 0.318. The molecule has 26 heavy (non-hydrogen) atoms. The molecule has 1 N–H and O–H groups in total. The van der Waals surface area contributed by atoms with Gasteiger partial charge in [-0.1, -0.05) is 17.7 Å². The Morgan fingerprint density at radius 2 is 2.08 bits per heavy atom. The van der Waals surface area contributed by atoms with E-state index >= 15 is 0 Å². The number of piperidine rings is 2. The molecule has 4 heterocycles. The van der Waals surface area contributed by atoms with E-state index in [0.29, 0.717) is 24.4 Å². The Kier molecular flexibility index (Phi) is 4.21. The van der Waals surface area contributed by atoms with Gasteiger partial charge in [-0.3, -0.25) is 4.79 Å². The molecule has 2 fully saturated rings. The van der Waals surface area contributed by atoms with Gasteiger partial charge >= 0.3 is 0 Å². The molecule has 2 unspecified atom stereocenters. The van der Waals surface area contributed by atoms with Gasteiger partial charge in [0.2, 0.25) is 5.91 Å². The smallest absolute Gasteiger partial charge is 0.222 e. The third-order valence-corrected chi connectivity index (χ3v) is 6.70. The molecule has 0 spiro atoms. The van der Waals surface area contributed by atoms with Crippen LogP contribution in [0.5, 0.6) is 0 Å². The maximum atomic E-state index is 12.2. The summed E-state index contributed by atoms with van der Waals surface area (Å²) >= 11 is 6.34. The summed E-state index contributed by atoms with van der Waals surface area (Å²) in [6, 6.07) is 7.38. The van der Waals surface area contributed by atoms with Crippen molar-refractivity contribution in [1.82, 2.24) is 14.8 Å². The summed E-state index contributed by atoms with van der Waals surface area (Å²) in [5.41, 5.74) is 4.19. The van der Waals surface area contributed by atoms with Crippen LogP contribution in [-0.4, -0.2) is 34.5 Å². The van der Waals surface area contributed by atoms with Crippen LogP contribution in [0.4, 0.5) is 0 Å². The lowest BCUT2D eigenvalue weighted by atomic mass is 9.84. The Bertz CT molecular complexity index is 859. The van der Waals surface area contributed by atoms with E-state index in [0.717, 1.165) is 43.9 Å². The molecule has 2 aromatic rings. The number of fused-ring (bicyclic) bond motifs is 6. The molecular formula is C21H26ClN3O. The molecule has 2 saturated heterocycles. The first-order valence-electron chi connectivity index (χ1n) is 10.0. The SMILES string of the molecule is O=C1CCCCN1CCn1c2c(c3ccc(Cl)cc31)C1CCCC(C2)N1. The van der Waals surface area contributed by atoms with Crippen LogP contribution in [0.3, 0.4) is 0 Å². The third kappa shape index (κ3) is 2.74. The first-order valence-corrected chi connectivity index (χ1v) is 10.4. The largest absolute Gasteiger partial charge is 0.342 e. The number of halogens is 1. The van der Waals surface area contributed by atoms with E-state index in [9.17, 15) is 4.79 Å². The zero-order chi connectivity index (χ0) is 17.7. The fraction of sp³-hybridized carbons (Fsp3) is 0.571. The zero-order valence-electron chi connectivity index (χ0n) is 15.1. The molecule has 1 aromatic heterocycles. The van der Waals surface area contributed by atoms with Crippen LogP contribution in [-0.2, 0) is 17.8 Å². The van der Waals surface area contributed by atoms with E-state index in [-0.39, 0.29) is 0 Å². The molecule has 3 aliphatic rings. The monoisotopic (exact) mass is 371 g/mol. The minimum Gasteiger partial charge on any atom is -0.342 e. The van der Waals surface area contributed by atoms with Crippen LogP contribution in [0.1, 0.15) is 55.8 Å². The highest BCUT2D eigenvalue weighted by molar-refractivity contribution is 6.31. The highest BCUT2D eigenvalue weighted by Gasteiger charge is 2.34. The number of carbonyl (C=O) groups is 1. The van der Waals surface area contributed by atoms with Crippen molar-refractivity contribution >= 4 is 28.4 Å². The van der Waals surface area contributed by atoms with Crippen molar-refractivity contribution in [2.45, 2.75) is 63.6 Å². The number of rotatable bonds is 3. The second-order valence-corrected chi connectivity index (χ2v) is 8.50. The number of carbonyl (C=O) groups excluding carboxylic acids is 1. The van der Waals surface area contributed by atoms with Gasteiger partial charge in [0.1, 0.15) is 0 Å². The molecule has 4 nitrogen and oxygen atoms in total. The van der Waals surface area contributed by atoms with Crippen molar-refractivity contribution in [3.63, 3.8) is 0 Å². The van der Waals surface area contributed by atoms with E-state index in [1.165, 1.54) is 41.4 Å². The van der Waals surface area contributed by atoms with Gasteiger partial charge in [0, 0.05) is 60.7 Å². The van der Waals surface area contributed by atoms with Gasteiger partial charge in [-0.05, 0) is 49.8 Å². The molecule has 0 radical (unpaired) electrons. The molecule has 0 saturated carbocycles. The van der Waals surface area contributed by atoms with Crippen LogP contribution in [0.15, 0.2) is 18.2 Å². The average Bonchev–Trinajstić information content (AvgIpc) is 2.94. The second kappa shape index (κ2) is 6.58. The van der Waals surface area contributed by atoms with Crippen molar-refractivity contribution in [3.05, 3.63) is 34.5 Å². The summed E-state index contributed by atoms with van der Waals surface area (Å²) in [4.78, 5) is 14.3. The highest BCUT2D eigenvalue weighted by Crippen LogP contribution is 2.41. The molecular weight excluding hydrogens is 346 g/mol. The second-order valence-electron chi connectivity index (χ2n) is 8.06. The van der Waals surface area contributed by atoms with Crippen LogP contribution < -0.4 is 5.32 Å². The number of benzene rings is 1. The number of amides is 1. The molecule has 5 rings (SSSR count). The third-order valence-electron chi connectivity index (χ3n) is 6.46. The fourth-order valence-corrected chi connectivity index (χ4v) is 5.39. The quantitative estimate of drug-likeness (QED) is 0.883. The van der Waals surface area contributed by atoms with Gasteiger partial charge in [0.15, 0.2) is 0 Å². The van der Waals surface area contributed by atoms with Crippen LogP contribution >= 0.6 is 11.6 Å². The summed E-state index contributed by atoms with van der Waals surface area (Å²) in [5, 5.41) is 5.96. The number of hydrogen-bond donors (Lipinski definition) is 1. The molecule has 1 aromatic carbocycles. The number of likely N-dealkylation sites (tertiary alicyclic amines) is 1. The Labute approximate surface area is 159 Å². The van der Waals surface area contributed by atoms with Crippen molar-refractivity contribution in [2.24, 2.45) is 0 Å². The molecule has 138 valence electrons. The Balaban J connectivity index is 1.54.